The highest BCUT2D eigenvalue weighted by atomic mass is 16.5. The van der Waals surface area contributed by atoms with Crippen LogP contribution in [0.5, 0.6) is 0 Å². The van der Waals surface area contributed by atoms with E-state index in [0.29, 0.717) is 6.42 Å². The number of fused-ring (bicyclic) bond motifs is 3. The van der Waals surface area contributed by atoms with Gasteiger partial charge in [0.1, 0.15) is 12.6 Å². The Morgan fingerprint density at radius 2 is 1.58 bits per heavy atom. The molecule has 2 aromatic rings. The third kappa shape index (κ3) is 6.32. The van der Waals surface area contributed by atoms with Gasteiger partial charge in [-0.25, -0.2) is 9.59 Å². The zero-order valence-corrected chi connectivity index (χ0v) is 19.2. The van der Waals surface area contributed by atoms with E-state index < -0.39 is 18.1 Å². The molecule has 0 spiro atoms. The summed E-state index contributed by atoms with van der Waals surface area (Å²) < 4.78 is 5.52. The van der Waals surface area contributed by atoms with Crippen molar-refractivity contribution in [3.05, 3.63) is 59.7 Å². The summed E-state index contributed by atoms with van der Waals surface area (Å²) in [6.45, 7) is 2.20. The number of hydrogen-bond donors (Lipinski definition) is 3. The predicted octanol–water partition coefficient (Wildman–Crippen LogP) is 2.82. The summed E-state index contributed by atoms with van der Waals surface area (Å²) in [6, 6.07) is 15.0. The van der Waals surface area contributed by atoms with E-state index >= 15 is 0 Å². The fraction of sp³-hybridized carbons (Fsp3) is 0.400. The van der Waals surface area contributed by atoms with Gasteiger partial charge in [0.05, 0.1) is 0 Å². The normalized spacial score (nSPS) is 14.2. The zero-order valence-electron chi connectivity index (χ0n) is 19.2. The predicted molar refractivity (Wildman–Crippen MR) is 125 cm³/mol. The molecule has 0 bridgehead atoms. The van der Waals surface area contributed by atoms with E-state index in [1.165, 1.54) is 0 Å². The van der Waals surface area contributed by atoms with Crippen LogP contribution in [0.25, 0.3) is 11.1 Å². The summed E-state index contributed by atoms with van der Waals surface area (Å²) in [7, 11) is 3.48. The Morgan fingerprint density at radius 1 is 1.00 bits per heavy atom. The summed E-state index contributed by atoms with van der Waals surface area (Å²) in [4.78, 5) is 37.4. The van der Waals surface area contributed by atoms with Crippen molar-refractivity contribution in [3.8, 4) is 11.1 Å². The Kier molecular flexibility index (Phi) is 8.06. The molecular formula is C25H31N3O5. The maximum atomic E-state index is 12.4. The molecular weight excluding hydrogens is 422 g/mol. The number of hydrogen-bond acceptors (Lipinski definition) is 5. The van der Waals surface area contributed by atoms with E-state index in [2.05, 4.69) is 34.9 Å². The second-order valence-electron chi connectivity index (χ2n) is 8.63. The molecule has 3 rings (SSSR count). The number of benzene rings is 2. The number of carbonyl (C=O) groups excluding carboxylic acids is 2. The van der Waals surface area contributed by atoms with Gasteiger partial charge in [0, 0.05) is 24.9 Å². The van der Waals surface area contributed by atoms with Crippen LogP contribution in [0.15, 0.2) is 48.5 Å². The number of nitrogens with one attached hydrogen (secondary N) is 2. The molecule has 0 saturated carbocycles. The van der Waals surface area contributed by atoms with Crippen molar-refractivity contribution >= 4 is 18.0 Å². The molecule has 0 heterocycles. The number of ether oxygens (including phenoxy) is 1. The van der Waals surface area contributed by atoms with Crippen molar-refractivity contribution in [1.29, 1.82) is 0 Å². The Balaban J connectivity index is 1.47. The fourth-order valence-corrected chi connectivity index (χ4v) is 4.08. The summed E-state index contributed by atoms with van der Waals surface area (Å²) in [5.74, 6) is -1.47. The van der Waals surface area contributed by atoms with Crippen molar-refractivity contribution in [2.45, 2.75) is 37.8 Å². The van der Waals surface area contributed by atoms with Crippen LogP contribution in [0.2, 0.25) is 0 Å². The number of aliphatic carboxylic acids is 1. The highest BCUT2D eigenvalue weighted by Gasteiger charge is 2.29. The molecule has 2 aromatic carbocycles. The molecule has 2 amide bonds. The van der Waals surface area contributed by atoms with Gasteiger partial charge in [-0.05, 0) is 49.7 Å². The van der Waals surface area contributed by atoms with Crippen molar-refractivity contribution in [2.24, 2.45) is 0 Å². The quantitative estimate of drug-likeness (QED) is 0.511. The maximum absolute atomic E-state index is 12.4. The number of carbonyl (C=O) groups is 3. The Bertz CT molecular complexity index is 962. The van der Waals surface area contributed by atoms with Crippen molar-refractivity contribution < 1.29 is 24.2 Å². The number of amides is 2. The molecule has 0 radical (unpaired) electrons. The SMILES string of the molecule is CC(CCC(=O)NC(CN(C)C)C(=O)O)NC(=O)OCC1c2ccccc2-c2ccccc21. The first kappa shape index (κ1) is 24.3. The monoisotopic (exact) mass is 453 g/mol. The first-order chi connectivity index (χ1) is 15.8. The standard InChI is InChI=1S/C25H31N3O5/c1-16(12-13-23(29)27-22(24(30)31)14-28(2)3)26-25(32)33-15-21-19-10-6-4-8-17(19)18-9-5-7-11-20(18)21/h4-11,16,21-22H,12-15H2,1-3H3,(H,26,32)(H,27,29)(H,30,31). The van der Waals surface area contributed by atoms with Crippen molar-refractivity contribution in [2.75, 3.05) is 27.2 Å². The average Bonchev–Trinajstić information content (AvgIpc) is 3.09. The molecule has 1 aliphatic rings. The van der Waals surface area contributed by atoms with Gasteiger partial charge in [0.15, 0.2) is 0 Å². The van der Waals surface area contributed by atoms with Crippen LogP contribution in [-0.4, -0.2) is 67.3 Å². The van der Waals surface area contributed by atoms with Crippen LogP contribution in [0.1, 0.15) is 36.8 Å². The molecule has 0 fully saturated rings. The molecule has 8 heteroatoms. The van der Waals surface area contributed by atoms with Crippen LogP contribution in [0.3, 0.4) is 0 Å². The van der Waals surface area contributed by atoms with Gasteiger partial charge in [-0.2, -0.15) is 0 Å². The molecule has 1 aliphatic carbocycles. The fourth-order valence-electron chi connectivity index (χ4n) is 4.08. The van der Waals surface area contributed by atoms with Gasteiger partial charge in [-0.1, -0.05) is 48.5 Å². The van der Waals surface area contributed by atoms with Crippen LogP contribution < -0.4 is 10.6 Å². The second-order valence-corrected chi connectivity index (χ2v) is 8.63. The third-order valence-corrected chi connectivity index (χ3v) is 5.69. The second kappa shape index (κ2) is 11.0. The lowest BCUT2D eigenvalue weighted by Gasteiger charge is -2.19. The molecule has 8 nitrogen and oxygen atoms in total. The molecule has 0 aliphatic heterocycles. The van der Waals surface area contributed by atoms with Crippen LogP contribution in [-0.2, 0) is 14.3 Å². The maximum Gasteiger partial charge on any atom is 0.407 e. The van der Waals surface area contributed by atoms with Gasteiger partial charge in [-0.15, -0.1) is 0 Å². The molecule has 0 saturated heterocycles. The summed E-state index contributed by atoms with van der Waals surface area (Å²) >= 11 is 0. The number of carboxylic acids is 1. The number of carboxylic acid groups (broad SMARTS) is 1. The van der Waals surface area contributed by atoms with Gasteiger partial charge in [0.2, 0.25) is 5.91 Å². The molecule has 33 heavy (non-hydrogen) atoms. The highest BCUT2D eigenvalue weighted by Crippen LogP contribution is 2.44. The van der Waals surface area contributed by atoms with E-state index in [1.807, 2.05) is 24.3 Å². The van der Waals surface area contributed by atoms with Gasteiger partial charge >= 0.3 is 12.1 Å². The first-order valence-electron chi connectivity index (χ1n) is 11.0. The minimum absolute atomic E-state index is 0.0196. The average molecular weight is 454 g/mol. The lowest BCUT2D eigenvalue weighted by atomic mass is 9.98. The van der Waals surface area contributed by atoms with Gasteiger partial charge < -0.3 is 25.4 Å². The van der Waals surface area contributed by atoms with Crippen LogP contribution in [0.4, 0.5) is 4.79 Å². The largest absolute Gasteiger partial charge is 0.480 e. The molecule has 0 aromatic heterocycles. The lowest BCUT2D eigenvalue weighted by molar-refractivity contribution is -0.142. The van der Waals surface area contributed by atoms with E-state index in [1.54, 1.807) is 25.9 Å². The number of alkyl carbamates (subject to hydrolysis) is 1. The molecule has 2 atom stereocenters. The van der Waals surface area contributed by atoms with E-state index in [9.17, 15) is 19.5 Å². The minimum atomic E-state index is -1.08. The topological polar surface area (TPSA) is 108 Å². The summed E-state index contributed by atoms with van der Waals surface area (Å²) in [6.07, 6.45) is -0.0763. The third-order valence-electron chi connectivity index (χ3n) is 5.69. The van der Waals surface area contributed by atoms with E-state index in [0.717, 1.165) is 22.3 Å². The highest BCUT2D eigenvalue weighted by molar-refractivity contribution is 5.83. The summed E-state index contributed by atoms with van der Waals surface area (Å²) in [5, 5.41) is 14.5. The van der Waals surface area contributed by atoms with Crippen molar-refractivity contribution in [1.82, 2.24) is 15.5 Å². The molecule has 176 valence electrons. The first-order valence-corrected chi connectivity index (χ1v) is 11.0. The van der Waals surface area contributed by atoms with E-state index in [4.69, 9.17) is 4.74 Å². The van der Waals surface area contributed by atoms with Crippen LogP contribution >= 0.6 is 0 Å². The minimum Gasteiger partial charge on any atom is -0.480 e. The number of nitrogens with zero attached hydrogens (tertiary/aromatic N) is 1. The Morgan fingerprint density at radius 3 is 2.12 bits per heavy atom. The Hall–Kier alpha value is -3.39. The smallest absolute Gasteiger partial charge is 0.407 e. The van der Waals surface area contributed by atoms with Gasteiger partial charge in [0.25, 0.3) is 0 Å². The lowest BCUT2D eigenvalue weighted by Crippen LogP contribution is -2.47. The Labute approximate surface area is 193 Å². The number of rotatable bonds is 10. The van der Waals surface area contributed by atoms with Crippen molar-refractivity contribution in [3.63, 3.8) is 0 Å². The molecule has 3 N–H and O–H groups in total. The zero-order chi connectivity index (χ0) is 24.0. The van der Waals surface area contributed by atoms with Gasteiger partial charge in [-0.3, -0.25) is 4.79 Å². The number of likely N-dealkylation sites (N-methyl/N-ethyl adjacent to an activating group) is 1. The van der Waals surface area contributed by atoms with Crippen LogP contribution in [0, 0.1) is 0 Å². The van der Waals surface area contributed by atoms with E-state index in [-0.39, 0.29) is 37.4 Å². The summed E-state index contributed by atoms with van der Waals surface area (Å²) in [5.41, 5.74) is 4.61. The molecule has 2 unspecified atom stereocenters.